The van der Waals surface area contributed by atoms with Crippen LogP contribution in [0.4, 0.5) is 0 Å². The largest absolute Gasteiger partial charge is 1.00 e. The van der Waals surface area contributed by atoms with Crippen molar-refractivity contribution in [2.24, 2.45) is 9.98 Å². The third kappa shape index (κ3) is 12.4. The zero-order chi connectivity index (χ0) is 18.8. The molecule has 4 nitrogen and oxygen atoms in total. The maximum atomic E-state index is 4.56. The van der Waals surface area contributed by atoms with Crippen LogP contribution in [-0.4, -0.2) is 33.8 Å². The molecule has 2 saturated heterocycles. The SMILES string of the molecule is CC(C)(C)N=C1CCC(C)(C)[N-]1.CC(C)(C)N=C1CCC(C)(C)[N-]1.[Cu+].[Cu+]. The molecule has 26 heavy (non-hydrogen) atoms. The Balaban J connectivity index is 0. The molecule has 0 aromatic rings. The van der Waals surface area contributed by atoms with Gasteiger partial charge in [0, 0.05) is 0 Å². The van der Waals surface area contributed by atoms with Gasteiger partial charge in [-0.05, 0) is 47.8 Å². The van der Waals surface area contributed by atoms with E-state index >= 15 is 0 Å². The van der Waals surface area contributed by atoms with Crippen molar-refractivity contribution in [3.63, 3.8) is 0 Å². The summed E-state index contributed by atoms with van der Waals surface area (Å²) in [6, 6.07) is 0. The van der Waals surface area contributed by atoms with Gasteiger partial charge >= 0.3 is 34.1 Å². The Morgan fingerprint density at radius 3 is 1.08 bits per heavy atom. The summed E-state index contributed by atoms with van der Waals surface area (Å²) >= 11 is 0. The molecule has 0 radical (unpaired) electrons. The normalized spacial score (nSPS) is 23.9. The summed E-state index contributed by atoms with van der Waals surface area (Å²) in [6.07, 6.45) is 4.37. The Bertz CT molecular complexity index is 449. The third-order valence-corrected chi connectivity index (χ3v) is 3.71. The second kappa shape index (κ2) is 9.96. The summed E-state index contributed by atoms with van der Waals surface area (Å²) < 4.78 is 0. The molecular weight excluding hydrogens is 423 g/mol. The van der Waals surface area contributed by atoms with Gasteiger partial charge in [-0.15, -0.1) is 0 Å². The fourth-order valence-corrected chi connectivity index (χ4v) is 2.69. The van der Waals surface area contributed by atoms with Gasteiger partial charge in [-0.1, -0.05) is 80.9 Å². The molecule has 2 fully saturated rings. The van der Waals surface area contributed by atoms with Crippen LogP contribution in [0.5, 0.6) is 0 Å². The van der Waals surface area contributed by atoms with Crippen LogP contribution in [-0.2, 0) is 34.1 Å². The molecule has 160 valence electrons. The molecule has 0 atom stereocenters. The van der Waals surface area contributed by atoms with E-state index in [1.807, 2.05) is 0 Å². The zero-order valence-electron chi connectivity index (χ0n) is 18.2. The fraction of sp³-hybridized carbons (Fsp3) is 0.900. The molecule has 2 rings (SSSR count). The van der Waals surface area contributed by atoms with E-state index in [1.54, 1.807) is 0 Å². The van der Waals surface area contributed by atoms with Gasteiger partial charge in [0.1, 0.15) is 0 Å². The number of aliphatic imine (C=N–C) groups is 2. The predicted octanol–water partition coefficient (Wildman–Crippen LogP) is 6.25. The van der Waals surface area contributed by atoms with Gasteiger partial charge in [0.15, 0.2) is 0 Å². The van der Waals surface area contributed by atoms with Crippen LogP contribution in [0.2, 0.25) is 0 Å². The molecule has 0 amide bonds. The van der Waals surface area contributed by atoms with Gasteiger partial charge in [0.25, 0.3) is 0 Å². The monoisotopic (exact) mass is 460 g/mol. The van der Waals surface area contributed by atoms with E-state index in [-0.39, 0.29) is 56.3 Å². The third-order valence-electron chi connectivity index (χ3n) is 3.71. The van der Waals surface area contributed by atoms with Crippen molar-refractivity contribution in [1.29, 1.82) is 0 Å². The minimum Gasteiger partial charge on any atom is -0.463 e. The second-order valence-corrected chi connectivity index (χ2v) is 10.2. The average Bonchev–Trinajstić information content (AvgIpc) is 2.77. The standard InChI is InChI=1S/2C10H19N2.2Cu/c2*1-9(2,3)11-8-6-7-10(4,5)12-8;;/h2*6-7H2,1-5H3;;/q2*-1;2*+1. The molecule has 0 saturated carbocycles. The molecule has 0 aromatic heterocycles. The molecular formula is C20H38Cu2N4. The van der Waals surface area contributed by atoms with Crippen LogP contribution >= 0.6 is 0 Å². The van der Waals surface area contributed by atoms with Crippen molar-refractivity contribution in [2.45, 2.75) is 117 Å². The van der Waals surface area contributed by atoms with Crippen molar-refractivity contribution >= 4 is 11.7 Å². The van der Waals surface area contributed by atoms with E-state index in [1.165, 1.54) is 0 Å². The number of amidine groups is 2. The topological polar surface area (TPSA) is 52.9 Å². The van der Waals surface area contributed by atoms with Gasteiger partial charge in [0.05, 0.1) is 0 Å². The van der Waals surface area contributed by atoms with E-state index < -0.39 is 0 Å². The van der Waals surface area contributed by atoms with E-state index in [0.29, 0.717) is 0 Å². The van der Waals surface area contributed by atoms with Crippen molar-refractivity contribution in [1.82, 2.24) is 0 Å². The Labute approximate surface area is 183 Å². The maximum Gasteiger partial charge on any atom is 1.00 e. The first-order valence-corrected chi connectivity index (χ1v) is 9.20. The van der Waals surface area contributed by atoms with Gasteiger partial charge in [-0.25, -0.2) is 0 Å². The summed E-state index contributed by atoms with van der Waals surface area (Å²) in [4.78, 5) is 9.11. The molecule has 0 aromatic carbocycles. The maximum absolute atomic E-state index is 4.56. The van der Waals surface area contributed by atoms with Crippen LogP contribution in [0.15, 0.2) is 9.98 Å². The van der Waals surface area contributed by atoms with Crippen molar-refractivity contribution in [2.75, 3.05) is 0 Å². The first-order chi connectivity index (χ1) is 10.6. The number of rotatable bonds is 0. The van der Waals surface area contributed by atoms with E-state index in [9.17, 15) is 0 Å². The summed E-state index contributed by atoms with van der Waals surface area (Å²) in [5, 5.41) is 9.11. The average molecular weight is 462 g/mol. The Hall–Kier alpha value is -0.0210. The van der Waals surface area contributed by atoms with Crippen LogP contribution in [0.3, 0.4) is 0 Å². The smallest absolute Gasteiger partial charge is 0.463 e. The summed E-state index contributed by atoms with van der Waals surface area (Å²) in [7, 11) is 0. The molecule has 0 bridgehead atoms. The number of nitrogens with zero attached hydrogens (tertiary/aromatic N) is 4. The fourth-order valence-electron chi connectivity index (χ4n) is 2.69. The Morgan fingerprint density at radius 2 is 0.923 bits per heavy atom. The van der Waals surface area contributed by atoms with Crippen LogP contribution < -0.4 is 0 Å². The minimum atomic E-state index is 0. The summed E-state index contributed by atoms with van der Waals surface area (Å²) in [5.41, 5.74) is 0.312. The molecule has 0 spiro atoms. The van der Waals surface area contributed by atoms with Crippen LogP contribution in [0.25, 0.3) is 10.6 Å². The molecule has 6 heteroatoms. The first-order valence-electron chi connectivity index (χ1n) is 9.20. The molecule has 2 heterocycles. The Morgan fingerprint density at radius 1 is 0.654 bits per heavy atom. The quantitative estimate of drug-likeness (QED) is 0.383. The van der Waals surface area contributed by atoms with Gasteiger partial charge in [-0.3, -0.25) is 0 Å². The molecule has 2 aliphatic heterocycles. The van der Waals surface area contributed by atoms with E-state index in [0.717, 1.165) is 37.4 Å². The van der Waals surface area contributed by atoms with Crippen LogP contribution in [0, 0.1) is 0 Å². The van der Waals surface area contributed by atoms with Crippen molar-refractivity contribution < 1.29 is 34.1 Å². The number of hydrogen-bond donors (Lipinski definition) is 0. The van der Waals surface area contributed by atoms with Gasteiger partial charge in [0.2, 0.25) is 0 Å². The minimum absolute atomic E-state index is 0. The molecule has 0 N–H and O–H groups in total. The first kappa shape index (κ1) is 28.2. The van der Waals surface area contributed by atoms with Crippen LogP contribution in [0.1, 0.15) is 94.9 Å². The van der Waals surface area contributed by atoms with Gasteiger partial charge < -0.3 is 20.6 Å². The van der Waals surface area contributed by atoms with E-state index in [4.69, 9.17) is 0 Å². The van der Waals surface area contributed by atoms with Gasteiger partial charge in [-0.2, -0.15) is 0 Å². The van der Waals surface area contributed by atoms with E-state index in [2.05, 4.69) is 89.9 Å². The summed E-state index contributed by atoms with van der Waals surface area (Å²) in [5.74, 6) is 2.10. The van der Waals surface area contributed by atoms with Crippen molar-refractivity contribution in [3.8, 4) is 0 Å². The Kier molecular flexibility index (Phi) is 10.8. The molecule has 0 aliphatic carbocycles. The molecule has 2 aliphatic rings. The zero-order valence-corrected chi connectivity index (χ0v) is 20.1. The molecule has 0 unspecified atom stereocenters. The van der Waals surface area contributed by atoms with Crippen molar-refractivity contribution in [3.05, 3.63) is 10.6 Å². The predicted molar refractivity (Wildman–Crippen MR) is 108 cm³/mol. The second-order valence-electron chi connectivity index (χ2n) is 10.2. The number of hydrogen-bond acceptors (Lipinski definition) is 2. The summed E-state index contributed by atoms with van der Waals surface area (Å²) in [6.45, 7) is 21.3.